The van der Waals surface area contributed by atoms with Crippen LogP contribution in [0.2, 0.25) is 5.02 Å². The molecule has 0 bridgehead atoms. The molecule has 1 aromatic carbocycles. The summed E-state index contributed by atoms with van der Waals surface area (Å²) in [7, 11) is 0. The van der Waals surface area contributed by atoms with Crippen LogP contribution in [0.5, 0.6) is 0 Å². The van der Waals surface area contributed by atoms with Crippen LogP contribution in [0.25, 0.3) is 11.1 Å². The smallest absolute Gasteiger partial charge is 0.230 e. The summed E-state index contributed by atoms with van der Waals surface area (Å²) in [6.45, 7) is 0.761. The number of hydrogen-bond donors (Lipinski definition) is 1. The number of benzene rings is 1. The van der Waals surface area contributed by atoms with E-state index in [0.717, 1.165) is 36.3 Å². The van der Waals surface area contributed by atoms with Crippen LogP contribution in [-0.4, -0.2) is 11.8 Å². The van der Waals surface area contributed by atoms with E-state index in [0.29, 0.717) is 10.9 Å². The molecule has 1 fully saturated rings. The number of ether oxygens (including phenoxy) is 1. The molecule has 1 saturated heterocycles. The van der Waals surface area contributed by atoms with Crippen molar-refractivity contribution in [2.24, 2.45) is 0 Å². The molecule has 0 spiro atoms. The Morgan fingerprint density at radius 1 is 1.28 bits per heavy atom. The first-order valence-electron chi connectivity index (χ1n) is 5.88. The Labute approximate surface area is 110 Å². The summed E-state index contributed by atoms with van der Waals surface area (Å²) in [5, 5.41) is 4.73. The lowest BCUT2D eigenvalue weighted by Crippen LogP contribution is -1.99. The second kappa shape index (κ2) is 4.63. The zero-order valence-electron chi connectivity index (χ0n) is 9.73. The van der Waals surface area contributed by atoms with Gasteiger partial charge in [0.25, 0.3) is 0 Å². The quantitative estimate of drug-likeness (QED) is 0.903. The molecule has 1 unspecified atom stereocenters. The van der Waals surface area contributed by atoms with E-state index < -0.39 is 0 Å². The largest absolute Gasteiger partial charge is 0.372 e. The molecule has 1 atom stereocenters. The van der Waals surface area contributed by atoms with Gasteiger partial charge in [-0.25, -0.2) is 0 Å². The number of anilines is 1. The van der Waals surface area contributed by atoms with Gasteiger partial charge in [-0.15, -0.1) is 0 Å². The maximum Gasteiger partial charge on any atom is 0.230 e. The third-order valence-corrected chi connectivity index (χ3v) is 3.36. The second-order valence-electron chi connectivity index (χ2n) is 4.32. The van der Waals surface area contributed by atoms with Crippen molar-refractivity contribution in [3.63, 3.8) is 0 Å². The van der Waals surface area contributed by atoms with Crippen LogP contribution in [0, 0.1) is 0 Å². The monoisotopic (exact) mass is 264 g/mol. The third kappa shape index (κ3) is 1.98. The van der Waals surface area contributed by atoms with E-state index in [1.807, 2.05) is 24.3 Å². The molecule has 5 heteroatoms. The third-order valence-electron chi connectivity index (χ3n) is 3.11. The van der Waals surface area contributed by atoms with Gasteiger partial charge in [0.1, 0.15) is 11.8 Å². The Hall–Kier alpha value is -1.52. The maximum atomic E-state index is 5.88. The summed E-state index contributed by atoms with van der Waals surface area (Å²) >= 11 is 5.88. The van der Waals surface area contributed by atoms with Gasteiger partial charge >= 0.3 is 0 Å². The number of rotatable bonds is 2. The van der Waals surface area contributed by atoms with E-state index >= 15 is 0 Å². The summed E-state index contributed by atoms with van der Waals surface area (Å²) in [5.74, 6) is 0.322. The van der Waals surface area contributed by atoms with E-state index in [9.17, 15) is 0 Å². The van der Waals surface area contributed by atoms with E-state index in [4.69, 9.17) is 26.6 Å². The molecular weight excluding hydrogens is 252 g/mol. The highest BCUT2D eigenvalue weighted by molar-refractivity contribution is 6.30. The summed E-state index contributed by atoms with van der Waals surface area (Å²) in [6.07, 6.45) is 1.97. The van der Waals surface area contributed by atoms with Crippen LogP contribution in [0.15, 0.2) is 28.8 Å². The molecule has 94 valence electrons. The molecule has 2 aromatic rings. The predicted molar refractivity (Wildman–Crippen MR) is 69.3 cm³/mol. The van der Waals surface area contributed by atoms with Crippen LogP contribution < -0.4 is 5.73 Å². The predicted octanol–water partition coefficient (Wildman–Crippen LogP) is 3.43. The Balaban J connectivity index is 2.04. The molecule has 1 aliphatic heterocycles. The Kier molecular flexibility index (Phi) is 2.97. The first-order valence-corrected chi connectivity index (χ1v) is 6.26. The van der Waals surface area contributed by atoms with Crippen LogP contribution in [-0.2, 0) is 4.74 Å². The van der Waals surface area contributed by atoms with Crippen molar-refractivity contribution in [3.8, 4) is 11.1 Å². The fourth-order valence-corrected chi connectivity index (χ4v) is 2.36. The van der Waals surface area contributed by atoms with Crippen LogP contribution in [0.1, 0.15) is 24.6 Å². The summed E-state index contributed by atoms with van der Waals surface area (Å²) in [5.41, 5.74) is 8.41. The van der Waals surface area contributed by atoms with Gasteiger partial charge in [0.2, 0.25) is 5.88 Å². The lowest BCUT2D eigenvalue weighted by molar-refractivity contribution is 0.106. The molecule has 0 aliphatic carbocycles. The number of aromatic nitrogens is 1. The fraction of sp³-hybridized carbons (Fsp3) is 0.308. The molecule has 1 aliphatic rings. The highest BCUT2D eigenvalue weighted by atomic mass is 35.5. The first kappa shape index (κ1) is 11.6. The van der Waals surface area contributed by atoms with Crippen molar-refractivity contribution in [2.45, 2.75) is 18.9 Å². The fourth-order valence-electron chi connectivity index (χ4n) is 2.24. The normalized spacial score (nSPS) is 19.3. The number of hydrogen-bond acceptors (Lipinski definition) is 4. The maximum absolute atomic E-state index is 5.88. The zero-order chi connectivity index (χ0) is 12.5. The van der Waals surface area contributed by atoms with E-state index in [1.54, 1.807) is 0 Å². The standard InChI is InChI=1S/C13H13ClN2O2/c14-9-5-3-8(4-6-9)11-12(16-18-13(11)15)10-2-1-7-17-10/h3-6,10H,1-2,7,15H2. The summed E-state index contributed by atoms with van der Waals surface area (Å²) in [4.78, 5) is 0. The average molecular weight is 265 g/mol. The first-order chi connectivity index (χ1) is 8.75. The molecule has 18 heavy (non-hydrogen) atoms. The average Bonchev–Trinajstić information content (AvgIpc) is 2.99. The van der Waals surface area contributed by atoms with Crippen molar-refractivity contribution >= 4 is 17.5 Å². The van der Waals surface area contributed by atoms with Crippen LogP contribution in [0.4, 0.5) is 5.88 Å². The van der Waals surface area contributed by atoms with E-state index in [-0.39, 0.29) is 6.10 Å². The Morgan fingerprint density at radius 3 is 2.72 bits per heavy atom. The molecule has 0 amide bonds. The van der Waals surface area contributed by atoms with Crippen molar-refractivity contribution in [3.05, 3.63) is 35.0 Å². The van der Waals surface area contributed by atoms with E-state index in [2.05, 4.69) is 5.16 Å². The van der Waals surface area contributed by atoms with Gasteiger partial charge in [-0.3, -0.25) is 0 Å². The molecule has 1 aromatic heterocycles. The van der Waals surface area contributed by atoms with Gasteiger partial charge in [0.05, 0.1) is 5.56 Å². The number of nitrogens with two attached hydrogens (primary N) is 1. The molecular formula is C13H13ClN2O2. The van der Waals surface area contributed by atoms with Crippen molar-refractivity contribution < 1.29 is 9.26 Å². The van der Waals surface area contributed by atoms with Gasteiger partial charge in [-0.05, 0) is 30.5 Å². The number of nitrogen functional groups attached to an aromatic ring is 1. The Morgan fingerprint density at radius 2 is 2.06 bits per heavy atom. The molecule has 0 radical (unpaired) electrons. The Bertz CT molecular complexity index is 545. The SMILES string of the molecule is Nc1onc(C2CCCO2)c1-c1ccc(Cl)cc1. The molecule has 4 nitrogen and oxygen atoms in total. The second-order valence-corrected chi connectivity index (χ2v) is 4.75. The van der Waals surface area contributed by atoms with Crippen LogP contribution >= 0.6 is 11.6 Å². The molecule has 2 heterocycles. The number of nitrogens with zero attached hydrogens (tertiary/aromatic N) is 1. The molecule has 0 saturated carbocycles. The number of halogens is 1. The minimum atomic E-state index is -0.0169. The minimum absolute atomic E-state index is 0.0169. The molecule has 3 rings (SSSR count). The zero-order valence-corrected chi connectivity index (χ0v) is 10.5. The van der Waals surface area contributed by atoms with Crippen molar-refractivity contribution in [1.82, 2.24) is 5.16 Å². The summed E-state index contributed by atoms with van der Waals surface area (Å²) in [6, 6.07) is 7.46. The van der Waals surface area contributed by atoms with Crippen molar-refractivity contribution in [1.29, 1.82) is 0 Å². The lowest BCUT2D eigenvalue weighted by atomic mass is 10.0. The van der Waals surface area contributed by atoms with Gasteiger partial charge in [0.15, 0.2) is 0 Å². The lowest BCUT2D eigenvalue weighted by Gasteiger charge is -2.08. The van der Waals surface area contributed by atoms with Gasteiger partial charge in [0, 0.05) is 11.6 Å². The van der Waals surface area contributed by atoms with Gasteiger partial charge < -0.3 is 15.0 Å². The summed E-state index contributed by atoms with van der Waals surface area (Å²) < 4.78 is 10.7. The van der Waals surface area contributed by atoms with Crippen molar-refractivity contribution in [2.75, 3.05) is 12.3 Å². The van der Waals surface area contributed by atoms with Gasteiger partial charge in [-0.1, -0.05) is 28.9 Å². The topological polar surface area (TPSA) is 61.3 Å². The van der Waals surface area contributed by atoms with Crippen LogP contribution in [0.3, 0.4) is 0 Å². The highest BCUT2D eigenvalue weighted by Crippen LogP contribution is 2.38. The van der Waals surface area contributed by atoms with Gasteiger partial charge in [-0.2, -0.15) is 0 Å². The van der Waals surface area contributed by atoms with E-state index in [1.165, 1.54) is 0 Å². The molecule has 2 N–H and O–H groups in total. The minimum Gasteiger partial charge on any atom is -0.372 e. The highest BCUT2D eigenvalue weighted by Gasteiger charge is 2.27.